The summed E-state index contributed by atoms with van der Waals surface area (Å²) in [5, 5.41) is 2.03. The molecule has 0 aliphatic rings. The van der Waals surface area contributed by atoms with Crippen molar-refractivity contribution in [2.24, 2.45) is 0 Å². The van der Waals surface area contributed by atoms with Crippen LogP contribution in [-0.2, 0) is 19.9 Å². The van der Waals surface area contributed by atoms with Gasteiger partial charge in [-0.05, 0) is 17.7 Å². The molecule has 0 heterocycles. The van der Waals surface area contributed by atoms with Crippen LogP contribution in [0, 0.1) is 0 Å². The molecule has 0 aliphatic carbocycles. The highest BCUT2D eigenvalue weighted by Crippen LogP contribution is 2.59. The minimum Gasteiger partial charge on any atom is -0.362 e. The first-order valence-electron chi connectivity index (χ1n) is 5.29. The van der Waals surface area contributed by atoms with Gasteiger partial charge >= 0.3 is 22.8 Å². The van der Waals surface area contributed by atoms with Crippen LogP contribution in [0.1, 0.15) is 5.56 Å². The summed E-state index contributed by atoms with van der Waals surface area (Å²) in [6, 6.07) is 4.92. The van der Waals surface area contributed by atoms with Crippen molar-refractivity contribution in [2.45, 2.75) is 11.7 Å². The fraction of sp³-hybridized carbons (Fsp3) is 0.250. The lowest BCUT2D eigenvalue weighted by Crippen LogP contribution is -2.19. The lowest BCUT2D eigenvalue weighted by molar-refractivity contribution is 0.343. The third-order valence-corrected chi connectivity index (χ3v) is 6.39. The van der Waals surface area contributed by atoms with Gasteiger partial charge < -0.3 is 34.7 Å². The first-order chi connectivity index (χ1) is 9.29. The summed E-state index contributed by atoms with van der Waals surface area (Å²) in [6.07, 6.45) is -0.520. The van der Waals surface area contributed by atoms with Crippen molar-refractivity contribution in [3.8, 4) is 0 Å². The highest BCUT2D eigenvalue weighted by molar-refractivity contribution is 7.71. The van der Waals surface area contributed by atoms with Gasteiger partial charge in [0.25, 0.3) is 0 Å². The smallest absolute Gasteiger partial charge is 0.360 e. The topological polar surface area (TPSA) is 185 Å². The van der Waals surface area contributed by atoms with E-state index in [0.29, 0.717) is 0 Å². The minimum atomic E-state index is -5.11. The first kappa shape index (κ1) is 18.5. The fourth-order valence-electron chi connectivity index (χ4n) is 1.46. The second-order valence-corrected chi connectivity index (χ2v) is 9.66. The number of anilines is 1. The van der Waals surface area contributed by atoms with Crippen molar-refractivity contribution in [1.82, 2.24) is 0 Å². The van der Waals surface area contributed by atoms with Gasteiger partial charge in [0.1, 0.15) is 0 Å². The van der Waals surface area contributed by atoms with E-state index in [1.807, 2.05) is 5.32 Å². The van der Waals surface area contributed by atoms with Crippen LogP contribution in [0.5, 0.6) is 0 Å². The quantitative estimate of drug-likeness (QED) is 0.350. The van der Waals surface area contributed by atoms with Crippen molar-refractivity contribution < 1.29 is 43.1 Å². The van der Waals surface area contributed by atoms with Crippen LogP contribution in [0.2, 0.25) is 0 Å². The highest BCUT2D eigenvalue weighted by Gasteiger charge is 2.43. The van der Waals surface area contributed by atoms with Crippen molar-refractivity contribution in [3.05, 3.63) is 29.8 Å². The van der Waals surface area contributed by atoms with E-state index >= 15 is 0 Å². The zero-order valence-corrected chi connectivity index (χ0v) is 13.0. The Morgan fingerprint density at radius 2 is 1.29 bits per heavy atom. The van der Waals surface area contributed by atoms with Crippen molar-refractivity contribution in [1.29, 1.82) is 0 Å². The summed E-state index contributed by atoms with van der Waals surface area (Å²) in [5.41, 5.74) is -2.14. The molecule has 0 spiro atoms. The van der Waals surface area contributed by atoms with Crippen molar-refractivity contribution >= 4 is 28.5 Å². The van der Waals surface area contributed by atoms with Crippen LogP contribution in [0.3, 0.4) is 0 Å². The van der Waals surface area contributed by atoms with Crippen LogP contribution in [0.4, 0.5) is 5.69 Å². The standard InChI is InChI=1S/C8H14NO9P3/c10-19(11,12)5-6-1-3-7(4-2-6)9-8(20(13,14)15)21(16,17)18/h1-4,8-9H,5H2,(H2,10,11,12)(H2,13,14,15)(H2,16,17,18). The zero-order valence-electron chi connectivity index (χ0n) is 10.3. The molecule has 10 nitrogen and oxygen atoms in total. The van der Waals surface area contributed by atoms with E-state index < -0.39 is 34.5 Å². The van der Waals surface area contributed by atoms with Gasteiger partial charge in [-0.15, -0.1) is 0 Å². The fourth-order valence-corrected chi connectivity index (χ4v) is 4.35. The lowest BCUT2D eigenvalue weighted by atomic mass is 10.2. The maximum Gasteiger partial charge on any atom is 0.360 e. The van der Waals surface area contributed by atoms with Crippen molar-refractivity contribution in [3.63, 3.8) is 0 Å². The second kappa shape index (κ2) is 6.30. The molecule has 0 atom stereocenters. The normalized spacial score (nSPS) is 13.5. The third-order valence-electron chi connectivity index (χ3n) is 2.28. The van der Waals surface area contributed by atoms with Crippen LogP contribution >= 0.6 is 22.8 Å². The Bertz CT molecular complexity index is 605. The molecular formula is C8H14NO9P3. The molecular weight excluding hydrogens is 347 g/mol. The van der Waals surface area contributed by atoms with E-state index in [2.05, 4.69) is 0 Å². The molecule has 1 aromatic rings. The Hall–Kier alpha value is -0.530. The number of rotatable bonds is 6. The third kappa shape index (κ3) is 6.40. The summed E-state index contributed by atoms with van der Waals surface area (Å²) in [4.78, 5) is 53.3. The maximum atomic E-state index is 11.1. The molecule has 0 aliphatic heterocycles. The number of hydrogen-bond acceptors (Lipinski definition) is 4. The van der Waals surface area contributed by atoms with Crippen molar-refractivity contribution in [2.75, 3.05) is 5.32 Å². The molecule has 0 aromatic heterocycles. The van der Waals surface area contributed by atoms with Gasteiger partial charge in [-0.1, -0.05) is 12.1 Å². The summed E-state index contributed by atoms with van der Waals surface area (Å²) in [6.45, 7) is 0. The summed E-state index contributed by atoms with van der Waals surface area (Å²) in [5.74, 6) is 0. The number of nitrogens with one attached hydrogen (secondary N) is 1. The predicted octanol–water partition coefficient (Wildman–Crippen LogP) is 0.415. The molecule has 7 N–H and O–H groups in total. The van der Waals surface area contributed by atoms with Gasteiger partial charge in [0.05, 0.1) is 6.16 Å². The Balaban J connectivity index is 2.95. The van der Waals surface area contributed by atoms with Crippen LogP contribution in [0.15, 0.2) is 24.3 Å². The summed E-state index contributed by atoms with van der Waals surface area (Å²) in [7, 11) is -14.5. The number of hydrogen-bond donors (Lipinski definition) is 7. The van der Waals surface area contributed by atoms with Gasteiger partial charge in [-0.2, -0.15) is 0 Å². The highest BCUT2D eigenvalue weighted by atomic mass is 31.2. The average Bonchev–Trinajstić information content (AvgIpc) is 2.22. The summed E-state index contributed by atoms with van der Waals surface area (Å²) < 4.78 is 32.9. The van der Waals surface area contributed by atoms with E-state index in [-0.39, 0.29) is 11.3 Å². The van der Waals surface area contributed by atoms with Gasteiger partial charge in [-0.25, -0.2) is 0 Å². The first-order valence-corrected chi connectivity index (χ1v) is 10.5. The Kier molecular flexibility index (Phi) is 5.56. The van der Waals surface area contributed by atoms with Crippen LogP contribution in [0.25, 0.3) is 0 Å². The molecule has 1 aromatic carbocycles. The van der Waals surface area contributed by atoms with E-state index in [1.54, 1.807) is 0 Å². The molecule has 13 heteroatoms. The van der Waals surface area contributed by atoms with E-state index in [0.717, 1.165) is 0 Å². The van der Waals surface area contributed by atoms with Gasteiger partial charge in [0, 0.05) is 5.69 Å². The van der Waals surface area contributed by atoms with Gasteiger partial charge in [-0.3, -0.25) is 13.7 Å². The van der Waals surface area contributed by atoms with E-state index in [4.69, 9.17) is 29.4 Å². The molecule has 0 saturated carbocycles. The predicted molar refractivity (Wildman–Crippen MR) is 73.7 cm³/mol. The molecule has 0 saturated heterocycles. The molecule has 21 heavy (non-hydrogen) atoms. The lowest BCUT2D eigenvalue weighted by Gasteiger charge is -2.21. The Morgan fingerprint density at radius 3 is 1.62 bits per heavy atom. The van der Waals surface area contributed by atoms with E-state index in [1.165, 1.54) is 24.3 Å². The molecule has 120 valence electrons. The average molecular weight is 361 g/mol. The Labute approximate surface area is 119 Å². The minimum absolute atomic E-state index is 0.0129. The largest absolute Gasteiger partial charge is 0.362 e. The van der Waals surface area contributed by atoms with E-state index in [9.17, 15) is 13.7 Å². The molecule has 0 amide bonds. The molecule has 0 bridgehead atoms. The van der Waals surface area contributed by atoms with Gasteiger partial charge in [0.15, 0.2) is 0 Å². The second-order valence-electron chi connectivity index (χ2n) is 4.22. The van der Waals surface area contributed by atoms with Crippen LogP contribution < -0.4 is 5.32 Å². The monoisotopic (exact) mass is 361 g/mol. The number of benzene rings is 1. The summed E-state index contributed by atoms with van der Waals surface area (Å²) >= 11 is 0. The molecule has 1 rings (SSSR count). The molecule has 0 unspecified atom stereocenters. The SMILES string of the molecule is O=P(O)(O)Cc1ccc(NC(P(=O)(O)O)P(=O)(O)O)cc1. The molecule has 0 radical (unpaired) electrons. The maximum absolute atomic E-state index is 11.1. The molecule has 0 fully saturated rings. The zero-order chi connectivity index (χ0) is 16.5. The Morgan fingerprint density at radius 1 is 0.857 bits per heavy atom. The van der Waals surface area contributed by atoms with Crippen LogP contribution in [-0.4, -0.2) is 34.9 Å². The van der Waals surface area contributed by atoms with Gasteiger partial charge in [0.2, 0.25) is 5.52 Å².